The molecule has 6 heteroatoms. The lowest BCUT2D eigenvalue weighted by atomic mass is 9.88. The van der Waals surface area contributed by atoms with Crippen molar-refractivity contribution in [1.82, 2.24) is 0 Å². The highest BCUT2D eigenvalue weighted by Crippen LogP contribution is 2.27. The van der Waals surface area contributed by atoms with Crippen molar-refractivity contribution in [2.75, 3.05) is 24.7 Å². The van der Waals surface area contributed by atoms with Gasteiger partial charge in [-0.2, -0.15) is 0 Å². The first kappa shape index (κ1) is 16.3. The zero-order valence-corrected chi connectivity index (χ0v) is 13.0. The van der Waals surface area contributed by atoms with Gasteiger partial charge in [0.05, 0.1) is 22.2 Å². The molecule has 1 rings (SSSR count). The van der Waals surface area contributed by atoms with E-state index >= 15 is 0 Å². The minimum Gasteiger partial charge on any atom is -0.396 e. The molecule has 108 valence electrons. The van der Waals surface area contributed by atoms with Crippen LogP contribution >= 0.6 is 11.6 Å². The molecule has 0 spiro atoms. The third kappa shape index (κ3) is 4.37. The van der Waals surface area contributed by atoms with E-state index in [0.717, 1.165) is 12.7 Å². The topological polar surface area (TPSA) is 66.4 Å². The maximum Gasteiger partial charge on any atom is 0.175 e. The molecule has 1 atom stereocenters. The quantitative estimate of drug-likeness (QED) is 0.847. The zero-order chi connectivity index (χ0) is 14.7. The number of hydrogen-bond acceptors (Lipinski definition) is 4. The molecule has 0 saturated carbocycles. The Morgan fingerprint density at radius 1 is 1.42 bits per heavy atom. The van der Waals surface area contributed by atoms with Crippen LogP contribution in [0.1, 0.15) is 20.3 Å². The summed E-state index contributed by atoms with van der Waals surface area (Å²) in [5.74, 6) is 0. The number of rotatable bonds is 6. The molecule has 0 fully saturated rings. The maximum atomic E-state index is 11.5. The molecule has 0 aromatic heterocycles. The van der Waals surface area contributed by atoms with E-state index in [9.17, 15) is 13.5 Å². The summed E-state index contributed by atoms with van der Waals surface area (Å²) >= 11 is 6.04. The highest BCUT2D eigenvalue weighted by Gasteiger charge is 2.21. The second kappa shape index (κ2) is 6.11. The van der Waals surface area contributed by atoms with Crippen LogP contribution in [0, 0.1) is 5.41 Å². The molecule has 1 aromatic carbocycles. The Morgan fingerprint density at radius 2 is 2.05 bits per heavy atom. The molecule has 0 heterocycles. The molecule has 19 heavy (non-hydrogen) atoms. The number of aliphatic hydroxyl groups is 1. The lowest BCUT2D eigenvalue weighted by molar-refractivity contribution is 0.149. The summed E-state index contributed by atoms with van der Waals surface area (Å²) < 4.78 is 23.0. The molecule has 0 amide bonds. The molecule has 0 aliphatic heterocycles. The minimum atomic E-state index is -3.26. The van der Waals surface area contributed by atoms with E-state index in [1.54, 1.807) is 6.07 Å². The van der Waals surface area contributed by atoms with Crippen LogP contribution < -0.4 is 5.32 Å². The number of benzene rings is 1. The molecule has 0 bridgehead atoms. The fourth-order valence-electron chi connectivity index (χ4n) is 1.47. The van der Waals surface area contributed by atoms with Crippen LogP contribution in [0.2, 0.25) is 5.02 Å². The Hall–Kier alpha value is -0.780. The van der Waals surface area contributed by atoms with Gasteiger partial charge >= 0.3 is 0 Å². The predicted octanol–water partition coefficient (Wildman–Crippen LogP) is 2.56. The van der Waals surface area contributed by atoms with Crippen LogP contribution in [0.25, 0.3) is 0 Å². The normalized spacial score (nSPS) is 15.0. The van der Waals surface area contributed by atoms with Gasteiger partial charge < -0.3 is 10.4 Å². The maximum absolute atomic E-state index is 11.5. The summed E-state index contributed by atoms with van der Waals surface area (Å²) in [5, 5.41) is 12.9. The highest BCUT2D eigenvalue weighted by atomic mass is 35.5. The molecular formula is C13H20ClNO3S. The fourth-order valence-corrected chi connectivity index (χ4v) is 2.30. The van der Waals surface area contributed by atoms with E-state index in [4.69, 9.17) is 11.6 Å². The lowest BCUT2D eigenvalue weighted by Crippen LogP contribution is -2.29. The van der Waals surface area contributed by atoms with E-state index in [-0.39, 0.29) is 16.9 Å². The molecule has 0 radical (unpaired) electrons. The molecule has 0 aliphatic carbocycles. The summed E-state index contributed by atoms with van der Waals surface area (Å²) in [6.45, 7) is 4.52. The molecule has 4 nitrogen and oxygen atoms in total. The van der Waals surface area contributed by atoms with Crippen LogP contribution in [0.4, 0.5) is 5.69 Å². The number of nitrogens with one attached hydrogen (secondary N) is 1. The standard InChI is InChI=1S/C13H20ClNO3S/c1-4-13(2,9-16)8-15-12-7-10(19(3,17)18)5-6-11(12)14/h5-7,15-16H,4,8-9H2,1-3H3. The predicted molar refractivity (Wildman–Crippen MR) is 78.5 cm³/mol. The van der Waals surface area contributed by atoms with Crippen LogP contribution in [0.3, 0.4) is 0 Å². The van der Waals surface area contributed by atoms with Crippen molar-refractivity contribution < 1.29 is 13.5 Å². The monoisotopic (exact) mass is 305 g/mol. The fraction of sp³-hybridized carbons (Fsp3) is 0.538. The third-order valence-electron chi connectivity index (χ3n) is 3.31. The van der Waals surface area contributed by atoms with E-state index in [2.05, 4.69) is 5.32 Å². The molecule has 1 unspecified atom stereocenters. The molecule has 1 aromatic rings. The average molecular weight is 306 g/mol. The second-order valence-corrected chi connectivity index (χ2v) is 7.51. The zero-order valence-electron chi connectivity index (χ0n) is 11.4. The molecule has 2 N–H and O–H groups in total. The van der Waals surface area contributed by atoms with E-state index < -0.39 is 9.84 Å². The Bertz CT molecular complexity index is 539. The lowest BCUT2D eigenvalue weighted by Gasteiger charge is -2.26. The first-order valence-corrected chi connectivity index (χ1v) is 8.33. The van der Waals surface area contributed by atoms with Gasteiger partial charge in [-0.05, 0) is 24.6 Å². The molecule has 0 saturated heterocycles. The summed E-state index contributed by atoms with van der Waals surface area (Å²) in [4.78, 5) is 0.224. The van der Waals surface area contributed by atoms with E-state index in [1.165, 1.54) is 12.1 Å². The highest BCUT2D eigenvalue weighted by molar-refractivity contribution is 7.90. The van der Waals surface area contributed by atoms with Gasteiger partial charge in [0.1, 0.15) is 0 Å². The van der Waals surface area contributed by atoms with Gasteiger partial charge in [-0.1, -0.05) is 25.4 Å². The first-order valence-electron chi connectivity index (χ1n) is 6.06. The summed E-state index contributed by atoms with van der Waals surface area (Å²) in [7, 11) is -3.26. The van der Waals surface area contributed by atoms with Crippen molar-refractivity contribution >= 4 is 27.1 Å². The van der Waals surface area contributed by atoms with Crippen molar-refractivity contribution in [3.63, 3.8) is 0 Å². The van der Waals surface area contributed by atoms with Crippen molar-refractivity contribution in [2.24, 2.45) is 5.41 Å². The Morgan fingerprint density at radius 3 is 2.53 bits per heavy atom. The van der Waals surface area contributed by atoms with Gasteiger partial charge in [0.25, 0.3) is 0 Å². The SMILES string of the molecule is CCC(C)(CO)CNc1cc(S(C)(=O)=O)ccc1Cl. The third-order valence-corrected chi connectivity index (χ3v) is 4.75. The van der Waals surface area contributed by atoms with Crippen molar-refractivity contribution in [2.45, 2.75) is 25.2 Å². The largest absolute Gasteiger partial charge is 0.396 e. The number of halogens is 1. The van der Waals surface area contributed by atoms with Crippen molar-refractivity contribution in [3.05, 3.63) is 23.2 Å². The first-order chi connectivity index (χ1) is 8.72. The van der Waals surface area contributed by atoms with E-state index in [0.29, 0.717) is 17.3 Å². The Labute approximate surface area is 119 Å². The Balaban J connectivity index is 2.96. The van der Waals surface area contributed by atoms with Crippen molar-refractivity contribution in [3.8, 4) is 0 Å². The number of sulfone groups is 1. The molecular weight excluding hydrogens is 286 g/mol. The van der Waals surface area contributed by atoms with Crippen LogP contribution in [0.15, 0.2) is 23.1 Å². The van der Waals surface area contributed by atoms with Crippen LogP contribution in [-0.2, 0) is 9.84 Å². The van der Waals surface area contributed by atoms with Gasteiger partial charge in [0.2, 0.25) is 0 Å². The number of aliphatic hydroxyl groups excluding tert-OH is 1. The van der Waals surface area contributed by atoms with Gasteiger partial charge in [-0.15, -0.1) is 0 Å². The van der Waals surface area contributed by atoms with Gasteiger partial charge in [0, 0.05) is 18.2 Å². The number of anilines is 1. The Kier molecular flexibility index (Phi) is 5.24. The summed E-state index contributed by atoms with van der Waals surface area (Å²) in [6, 6.07) is 4.56. The van der Waals surface area contributed by atoms with Crippen molar-refractivity contribution in [1.29, 1.82) is 0 Å². The van der Waals surface area contributed by atoms with Gasteiger partial charge in [-0.25, -0.2) is 8.42 Å². The van der Waals surface area contributed by atoms with Gasteiger partial charge in [0.15, 0.2) is 9.84 Å². The average Bonchev–Trinajstić information content (AvgIpc) is 2.36. The smallest absolute Gasteiger partial charge is 0.175 e. The summed E-state index contributed by atoms with van der Waals surface area (Å²) in [5.41, 5.74) is 0.308. The summed E-state index contributed by atoms with van der Waals surface area (Å²) in [6.07, 6.45) is 1.96. The number of hydrogen-bond donors (Lipinski definition) is 2. The minimum absolute atomic E-state index is 0.0554. The van der Waals surface area contributed by atoms with Crippen LogP contribution in [0.5, 0.6) is 0 Å². The van der Waals surface area contributed by atoms with E-state index in [1.807, 2.05) is 13.8 Å². The van der Waals surface area contributed by atoms with Gasteiger partial charge in [-0.3, -0.25) is 0 Å². The second-order valence-electron chi connectivity index (χ2n) is 5.09. The molecule has 0 aliphatic rings. The van der Waals surface area contributed by atoms with Crippen LogP contribution in [-0.4, -0.2) is 32.9 Å².